The summed E-state index contributed by atoms with van der Waals surface area (Å²) >= 11 is 0. The van der Waals surface area contributed by atoms with Gasteiger partial charge in [0.05, 0.1) is 11.4 Å². The summed E-state index contributed by atoms with van der Waals surface area (Å²) in [5.41, 5.74) is 3.43. The van der Waals surface area contributed by atoms with Crippen molar-refractivity contribution >= 4 is 15.8 Å². The Balaban J connectivity index is 1.57. The number of guanidine groups is 1. The van der Waals surface area contributed by atoms with E-state index in [1.807, 2.05) is 42.5 Å². The number of aliphatic imine (C=N–C) groups is 1. The van der Waals surface area contributed by atoms with Gasteiger partial charge in [-0.3, -0.25) is 4.99 Å². The van der Waals surface area contributed by atoms with E-state index in [-0.39, 0.29) is 0 Å². The molecule has 0 unspecified atom stereocenters. The normalized spacial score (nSPS) is 12.0. The number of aromatic nitrogens is 1. The third-order valence-electron chi connectivity index (χ3n) is 4.38. The lowest BCUT2D eigenvalue weighted by atomic mass is 10.1. The van der Waals surface area contributed by atoms with E-state index in [1.165, 1.54) is 6.26 Å². The molecule has 3 aromatic rings. The van der Waals surface area contributed by atoms with Crippen molar-refractivity contribution in [3.63, 3.8) is 0 Å². The van der Waals surface area contributed by atoms with Gasteiger partial charge < -0.3 is 15.2 Å². The molecule has 1 heterocycles. The number of rotatable bonds is 6. The van der Waals surface area contributed by atoms with Gasteiger partial charge in [-0.25, -0.2) is 8.42 Å². The quantitative estimate of drug-likeness (QED) is 0.477. The summed E-state index contributed by atoms with van der Waals surface area (Å²) < 4.78 is 28.9. The molecule has 0 fully saturated rings. The fraction of sp³-hybridized carbons (Fsp3) is 0.238. The van der Waals surface area contributed by atoms with E-state index in [1.54, 1.807) is 26.1 Å². The molecule has 0 atom stereocenters. The molecule has 0 amide bonds. The second kappa shape index (κ2) is 8.91. The highest BCUT2D eigenvalue weighted by Crippen LogP contribution is 2.19. The summed E-state index contributed by atoms with van der Waals surface area (Å²) in [5.74, 6) is 1.32. The summed E-state index contributed by atoms with van der Waals surface area (Å²) in [6.45, 7) is 2.77. The molecular weight excluding hydrogens is 388 g/mol. The van der Waals surface area contributed by atoms with Crippen LogP contribution in [0.1, 0.15) is 16.8 Å². The van der Waals surface area contributed by atoms with Crippen LogP contribution in [0.25, 0.3) is 11.3 Å². The Morgan fingerprint density at radius 2 is 1.79 bits per heavy atom. The van der Waals surface area contributed by atoms with Gasteiger partial charge in [0.2, 0.25) is 0 Å². The number of nitrogens with zero attached hydrogens (tertiary/aromatic N) is 2. The van der Waals surface area contributed by atoms with E-state index in [0.717, 1.165) is 22.4 Å². The van der Waals surface area contributed by atoms with Gasteiger partial charge in [-0.05, 0) is 24.1 Å². The summed E-state index contributed by atoms with van der Waals surface area (Å²) in [5, 5.41) is 10.5. The van der Waals surface area contributed by atoms with Crippen LogP contribution < -0.4 is 10.6 Å². The minimum atomic E-state index is -3.22. The Morgan fingerprint density at radius 3 is 2.45 bits per heavy atom. The van der Waals surface area contributed by atoms with E-state index < -0.39 is 9.84 Å². The average Bonchev–Trinajstić information content (AvgIpc) is 3.17. The van der Waals surface area contributed by atoms with Crippen molar-refractivity contribution < 1.29 is 12.9 Å². The number of hydrogen-bond acceptors (Lipinski definition) is 5. The molecule has 3 rings (SSSR count). The fourth-order valence-electron chi connectivity index (χ4n) is 2.95. The smallest absolute Gasteiger partial charge is 0.191 e. The highest BCUT2D eigenvalue weighted by atomic mass is 32.2. The van der Waals surface area contributed by atoms with Crippen molar-refractivity contribution in [1.29, 1.82) is 0 Å². The molecule has 0 aliphatic rings. The van der Waals surface area contributed by atoms with E-state index in [2.05, 4.69) is 20.8 Å². The van der Waals surface area contributed by atoms with Crippen molar-refractivity contribution in [3.8, 4) is 11.3 Å². The first kappa shape index (κ1) is 20.6. The molecule has 2 aromatic carbocycles. The van der Waals surface area contributed by atoms with Gasteiger partial charge in [0, 0.05) is 31.5 Å². The van der Waals surface area contributed by atoms with Crippen LogP contribution in [0.15, 0.2) is 69.0 Å². The number of sulfone groups is 1. The zero-order valence-corrected chi connectivity index (χ0v) is 17.5. The highest BCUT2D eigenvalue weighted by molar-refractivity contribution is 7.90. The van der Waals surface area contributed by atoms with Gasteiger partial charge in [-0.2, -0.15) is 0 Å². The van der Waals surface area contributed by atoms with Crippen molar-refractivity contribution in [1.82, 2.24) is 15.8 Å². The molecule has 0 radical (unpaired) electrons. The second-order valence-corrected chi connectivity index (χ2v) is 8.68. The first-order valence-corrected chi connectivity index (χ1v) is 11.0. The molecule has 0 bridgehead atoms. The van der Waals surface area contributed by atoms with Crippen LogP contribution in [0, 0.1) is 6.92 Å². The van der Waals surface area contributed by atoms with Crippen LogP contribution in [-0.2, 0) is 22.9 Å². The Hall–Kier alpha value is -3.13. The maximum absolute atomic E-state index is 11.7. The third kappa shape index (κ3) is 5.45. The average molecular weight is 413 g/mol. The summed E-state index contributed by atoms with van der Waals surface area (Å²) in [6, 6.07) is 17.0. The van der Waals surface area contributed by atoms with E-state index in [9.17, 15) is 8.42 Å². The Morgan fingerprint density at radius 1 is 1.07 bits per heavy atom. The minimum Gasteiger partial charge on any atom is -0.356 e. The van der Waals surface area contributed by atoms with Crippen LogP contribution in [0.4, 0.5) is 0 Å². The molecule has 1 aromatic heterocycles. The summed E-state index contributed by atoms with van der Waals surface area (Å²) in [4.78, 5) is 4.55. The zero-order valence-electron chi connectivity index (χ0n) is 16.6. The largest absolute Gasteiger partial charge is 0.356 e. The molecule has 29 heavy (non-hydrogen) atoms. The lowest BCUT2D eigenvalue weighted by molar-refractivity contribution is 0.422. The van der Waals surface area contributed by atoms with E-state index in [4.69, 9.17) is 4.52 Å². The lowest BCUT2D eigenvalue weighted by Crippen LogP contribution is -2.36. The van der Waals surface area contributed by atoms with Gasteiger partial charge in [-0.15, -0.1) is 0 Å². The topological polar surface area (TPSA) is 96.6 Å². The van der Waals surface area contributed by atoms with Crippen LogP contribution in [0.2, 0.25) is 0 Å². The van der Waals surface area contributed by atoms with Gasteiger partial charge in [0.1, 0.15) is 5.69 Å². The van der Waals surface area contributed by atoms with Crippen LogP contribution >= 0.6 is 0 Å². The Labute approximate surface area is 170 Å². The monoisotopic (exact) mass is 412 g/mol. The van der Waals surface area contributed by atoms with Crippen molar-refractivity contribution in [2.24, 2.45) is 4.99 Å². The fourth-order valence-corrected chi connectivity index (χ4v) is 3.91. The molecule has 8 heteroatoms. The second-order valence-electron chi connectivity index (χ2n) is 6.70. The SMILES string of the molecule is CN=C(NCc1ccc(S(C)(=O)=O)c(C)c1)NCc1cc(-c2ccccc2)on1. The molecule has 0 saturated carbocycles. The van der Waals surface area contributed by atoms with Crippen LogP contribution in [0.3, 0.4) is 0 Å². The van der Waals surface area contributed by atoms with Crippen molar-refractivity contribution in [3.05, 3.63) is 71.4 Å². The van der Waals surface area contributed by atoms with E-state index in [0.29, 0.717) is 29.7 Å². The molecule has 0 spiro atoms. The molecule has 7 nitrogen and oxygen atoms in total. The molecule has 0 aliphatic heterocycles. The number of aryl methyl sites for hydroxylation is 1. The van der Waals surface area contributed by atoms with Gasteiger partial charge in [0.15, 0.2) is 21.6 Å². The maximum Gasteiger partial charge on any atom is 0.191 e. The first-order valence-electron chi connectivity index (χ1n) is 9.12. The number of nitrogens with one attached hydrogen (secondary N) is 2. The first-order chi connectivity index (χ1) is 13.9. The highest BCUT2D eigenvalue weighted by Gasteiger charge is 2.11. The standard InChI is InChI=1S/C21H24N4O3S/c1-15-11-16(9-10-20(15)29(3,26)27)13-23-21(22-2)24-14-18-12-19(28-25-18)17-7-5-4-6-8-17/h4-12H,13-14H2,1-3H3,(H2,22,23,24). The van der Waals surface area contributed by atoms with Crippen LogP contribution in [0.5, 0.6) is 0 Å². The van der Waals surface area contributed by atoms with E-state index >= 15 is 0 Å². The van der Waals surface area contributed by atoms with Gasteiger partial charge >= 0.3 is 0 Å². The minimum absolute atomic E-state index is 0.351. The molecule has 0 saturated heterocycles. The van der Waals surface area contributed by atoms with Crippen molar-refractivity contribution in [2.45, 2.75) is 24.9 Å². The van der Waals surface area contributed by atoms with Crippen LogP contribution in [-0.4, -0.2) is 32.8 Å². The number of hydrogen-bond donors (Lipinski definition) is 2. The molecular formula is C21H24N4O3S. The van der Waals surface area contributed by atoms with Gasteiger partial charge in [-0.1, -0.05) is 47.6 Å². The zero-order chi connectivity index (χ0) is 20.9. The number of benzene rings is 2. The Bertz CT molecular complexity index is 1110. The molecule has 152 valence electrons. The van der Waals surface area contributed by atoms with Crippen molar-refractivity contribution in [2.75, 3.05) is 13.3 Å². The molecule has 2 N–H and O–H groups in total. The van der Waals surface area contributed by atoms with Gasteiger partial charge in [0.25, 0.3) is 0 Å². The summed E-state index contributed by atoms with van der Waals surface area (Å²) in [6.07, 6.45) is 1.21. The molecule has 0 aliphatic carbocycles. The summed E-state index contributed by atoms with van der Waals surface area (Å²) in [7, 11) is -1.53. The predicted molar refractivity (Wildman–Crippen MR) is 113 cm³/mol. The predicted octanol–water partition coefficient (Wildman–Crippen LogP) is 2.92. The third-order valence-corrected chi connectivity index (χ3v) is 5.63. The maximum atomic E-state index is 11.7. The Kier molecular flexibility index (Phi) is 6.33. The lowest BCUT2D eigenvalue weighted by Gasteiger charge is -2.12.